The van der Waals surface area contributed by atoms with Crippen molar-refractivity contribution in [3.63, 3.8) is 0 Å². The lowest BCUT2D eigenvalue weighted by Gasteiger charge is -2.20. The standard InChI is InChI=1S/C21H27NO4/c1-14-6-7-15(2)20(12-14)26-17(4)21(23)22-16(3)13-25-19-10-8-18(24-5)9-11-19/h6-12,16-17H,13H2,1-5H3,(H,22,23)/t16-,17+/m0/s1. The van der Waals surface area contributed by atoms with Crippen molar-refractivity contribution < 1.29 is 19.0 Å². The molecule has 5 nitrogen and oxygen atoms in total. The van der Waals surface area contributed by atoms with Crippen LogP contribution in [0.1, 0.15) is 25.0 Å². The van der Waals surface area contributed by atoms with Crippen molar-refractivity contribution in [2.24, 2.45) is 0 Å². The number of rotatable bonds is 8. The van der Waals surface area contributed by atoms with Crippen molar-refractivity contribution in [2.45, 2.75) is 39.8 Å². The lowest BCUT2D eigenvalue weighted by molar-refractivity contribution is -0.128. The maximum Gasteiger partial charge on any atom is 0.261 e. The summed E-state index contributed by atoms with van der Waals surface area (Å²) in [7, 11) is 1.62. The van der Waals surface area contributed by atoms with E-state index in [0.717, 1.165) is 28.4 Å². The zero-order valence-electron chi connectivity index (χ0n) is 16.0. The molecular formula is C21H27NO4. The van der Waals surface area contributed by atoms with Crippen LogP contribution in [0, 0.1) is 13.8 Å². The fraction of sp³-hybridized carbons (Fsp3) is 0.381. The molecule has 2 aromatic carbocycles. The van der Waals surface area contributed by atoms with Crippen LogP contribution in [0.2, 0.25) is 0 Å². The third-order valence-electron chi connectivity index (χ3n) is 3.96. The number of ether oxygens (including phenoxy) is 3. The summed E-state index contributed by atoms with van der Waals surface area (Å²) in [6.07, 6.45) is -0.584. The van der Waals surface area contributed by atoms with Crippen LogP contribution in [-0.4, -0.2) is 31.8 Å². The van der Waals surface area contributed by atoms with Gasteiger partial charge in [-0.2, -0.15) is 0 Å². The van der Waals surface area contributed by atoms with E-state index in [4.69, 9.17) is 14.2 Å². The van der Waals surface area contributed by atoms with Crippen LogP contribution in [-0.2, 0) is 4.79 Å². The van der Waals surface area contributed by atoms with E-state index in [1.165, 1.54) is 0 Å². The van der Waals surface area contributed by atoms with Crippen LogP contribution in [0.4, 0.5) is 0 Å². The molecule has 0 aliphatic rings. The number of nitrogens with one attached hydrogen (secondary N) is 1. The predicted molar refractivity (Wildman–Crippen MR) is 102 cm³/mol. The third kappa shape index (κ3) is 5.69. The summed E-state index contributed by atoms with van der Waals surface area (Å²) in [5, 5.41) is 2.91. The Morgan fingerprint density at radius 3 is 2.35 bits per heavy atom. The fourth-order valence-electron chi connectivity index (χ4n) is 2.37. The van der Waals surface area contributed by atoms with Gasteiger partial charge in [0.05, 0.1) is 13.2 Å². The second kappa shape index (κ2) is 9.13. The van der Waals surface area contributed by atoms with Gasteiger partial charge in [-0.25, -0.2) is 0 Å². The summed E-state index contributed by atoms with van der Waals surface area (Å²) in [5.41, 5.74) is 2.10. The Morgan fingerprint density at radius 2 is 1.69 bits per heavy atom. The largest absolute Gasteiger partial charge is 0.497 e. The average molecular weight is 357 g/mol. The van der Waals surface area contributed by atoms with E-state index >= 15 is 0 Å². The number of carbonyl (C=O) groups excluding carboxylic acids is 1. The van der Waals surface area contributed by atoms with Gasteiger partial charge in [0.15, 0.2) is 6.10 Å². The topological polar surface area (TPSA) is 56.8 Å². The highest BCUT2D eigenvalue weighted by atomic mass is 16.5. The molecule has 0 aromatic heterocycles. The monoisotopic (exact) mass is 357 g/mol. The van der Waals surface area contributed by atoms with Gasteiger partial charge in [0.2, 0.25) is 0 Å². The first-order valence-electron chi connectivity index (χ1n) is 8.70. The second-order valence-electron chi connectivity index (χ2n) is 6.43. The summed E-state index contributed by atoms with van der Waals surface area (Å²) in [6.45, 7) is 7.97. The SMILES string of the molecule is COc1ccc(OC[C@H](C)NC(=O)[C@@H](C)Oc2cc(C)ccc2C)cc1. The minimum atomic E-state index is -0.584. The average Bonchev–Trinajstić information content (AvgIpc) is 2.63. The van der Waals surface area contributed by atoms with Crippen molar-refractivity contribution in [3.8, 4) is 17.2 Å². The Hall–Kier alpha value is -2.69. The molecule has 0 unspecified atom stereocenters. The van der Waals surface area contributed by atoms with Crippen molar-refractivity contribution in [1.82, 2.24) is 5.32 Å². The van der Waals surface area contributed by atoms with E-state index in [2.05, 4.69) is 5.32 Å². The fourth-order valence-corrected chi connectivity index (χ4v) is 2.37. The van der Waals surface area contributed by atoms with E-state index in [1.54, 1.807) is 14.0 Å². The maximum absolute atomic E-state index is 12.3. The van der Waals surface area contributed by atoms with Gasteiger partial charge in [0.25, 0.3) is 5.91 Å². The minimum absolute atomic E-state index is 0.144. The quantitative estimate of drug-likeness (QED) is 0.783. The zero-order valence-corrected chi connectivity index (χ0v) is 16.0. The molecule has 0 heterocycles. The van der Waals surface area contributed by atoms with E-state index in [-0.39, 0.29) is 11.9 Å². The molecule has 0 bridgehead atoms. The van der Waals surface area contributed by atoms with E-state index in [9.17, 15) is 4.79 Å². The number of carbonyl (C=O) groups is 1. The lowest BCUT2D eigenvalue weighted by atomic mass is 10.1. The molecule has 2 atom stereocenters. The molecule has 0 saturated heterocycles. The van der Waals surface area contributed by atoms with Gasteiger partial charge in [-0.1, -0.05) is 12.1 Å². The molecule has 140 valence electrons. The van der Waals surface area contributed by atoms with Crippen LogP contribution >= 0.6 is 0 Å². The van der Waals surface area contributed by atoms with Crippen LogP contribution < -0.4 is 19.5 Å². The molecule has 0 saturated carbocycles. The predicted octanol–water partition coefficient (Wildman–Crippen LogP) is 3.66. The van der Waals surface area contributed by atoms with Gasteiger partial charge in [0, 0.05) is 0 Å². The number of benzene rings is 2. The molecule has 0 fully saturated rings. The number of hydrogen-bond donors (Lipinski definition) is 1. The number of hydrogen-bond acceptors (Lipinski definition) is 4. The van der Waals surface area contributed by atoms with Gasteiger partial charge in [-0.15, -0.1) is 0 Å². The van der Waals surface area contributed by atoms with E-state index in [0.29, 0.717) is 6.61 Å². The summed E-state index contributed by atoms with van der Waals surface area (Å²) in [6, 6.07) is 13.1. The normalized spacial score (nSPS) is 12.8. The van der Waals surface area contributed by atoms with Gasteiger partial charge >= 0.3 is 0 Å². The molecule has 26 heavy (non-hydrogen) atoms. The Morgan fingerprint density at radius 1 is 1.04 bits per heavy atom. The molecule has 1 amide bonds. The van der Waals surface area contributed by atoms with Crippen LogP contribution in [0.5, 0.6) is 17.2 Å². The summed E-state index contributed by atoms with van der Waals surface area (Å²) in [5.74, 6) is 2.06. The summed E-state index contributed by atoms with van der Waals surface area (Å²) in [4.78, 5) is 12.3. The Kier molecular flexibility index (Phi) is 6.89. The molecule has 0 spiro atoms. The molecular weight excluding hydrogens is 330 g/mol. The smallest absolute Gasteiger partial charge is 0.261 e. The highest BCUT2D eigenvalue weighted by molar-refractivity contribution is 5.81. The highest BCUT2D eigenvalue weighted by Gasteiger charge is 2.18. The van der Waals surface area contributed by atoms with Gasteiger partial charge in [-0.05, 0) is 69.2 Å². The van der Waals surface area contributed by atoms with Crippen molar-refractivity contribution >= 4 is 5.91 Å². The molecule has 5 heteroatoms. The highest BCUT2D eigenvalue weighted by Crippen LogP contribution is 2.20. The van der Waals surface area contributed by atoms with Crippen LogP contribution in [0.3, 0.4) is 0 Å². The first-order valence-corrected chi connectivity index (χ1v) is 8.70. The molecule has 2 rings (SSSR count). The number of methoxy groups -OCH3 is 1. The molecule has 1 N–H and O–H groups in total. The van der Waals surface area contributed by atoms with Crippen molar-refractivity contribution in [3.05, 3.63) is 53.6 Å². The molecule has 0 aliphatic heterocycles. The first-order chi connectivity index (χ1) is 12.4. The Balaban J connectivity index is 1.82. The maximum atomic E-state index is 12.3. The zero-order chi connectivity index (χ0) is 19.1. The Labute approximate surface area is 155 Å². The van der Waals surface area contributed by atoms with Gasteiger partial charge < -0.3 is 19.5 Å². The molecule has 0 aliphatic carbocycles. The summed E-state index contributed by atoms with van der Waals surface area (Å²) >= 11 is 0. The second-order valence-corrected chi connectivity index (χ2v) is 6.43. The number of aryl methyl sites for hydroxylation is 2. The lowest BCUT2D eigenvalue weighted by Crippen LogP contribution is -2.43. The van der Waals surface area contributed by atoms with Crippen molar-refractivity contribution in [2.75, 3.05) is 13.7 Å². The van der Waals surface area contributed by atoms with Crippen LogP contribution in [0.25, 0.3) is 0 Å². The first kappa shape index (κ1) is 19.6. The minimum Gasteiger partial charge on any atom is -0.497 e. The van der Waals surface area contributed by atoms with Crippen LogP contribution in [0.15, 0.2) is 42.5 Å². The molecule has 0 radical (unpaired) electrons. The Bertz CT molecular complexity index is 727. The third-order valence-corrected chi connectivity index (χ3v) is 3.96. The molecule has 2 aromatic rings. The van der Waals surface area contributed by atoms with Gasteiger partial charge in [0.1, 0.15) is 23.9 Å². The number of amides is 1. The van der Waals surface area contributed by atoms with E-state index in [1.807, 2.05) is 63.2 Å². The summed E-state index contributed by atoms with van der Waals surface area (Å²) < 4.78 is 16.6. The van der Waals surface area contributed by atoms with Gasteiger partial charge in [-0.3, -0.25) is 4.79 Å². The van der Waals surface area contributed by atoms with Crippen molar-refractivity contribution in [1.29, 1.82) is 0 Å². The van der Waals surface area contributed by atoms with E-state index < -0.39 is 6.10 Å².